The molecular weight excluding hydrogens is 221 g/mol. The summed E-state index contributed by atoms with van der Waals surface area (Å²) >= 11 is 0. The van der Waals surface area contributed by atoms with Crippen LogP contribution in [0, 0.1) is 5.82 Å². The highest BCUT2D eigenvalue weighted by molar-refractivity contribution is 5.41. The van der Waals surface area contributed by atoms with E-state index in [1.54, 1.807) is 10.9 Å². The van der Waals surface area contributed by atoms with Crippen LogP contribution in [0.25, 0.3) is 0 Å². The molecule has 0 bridgehead atoms. The Balaban J connectivity index is 2.04. The molecule has 0 unspecified atom stereocenters. The van der Waals surface area contributed by atoms with Gasteiger partial charge in [-0.05, 0) is 25.1 Å². The predicted octanol–water partition coefficient (Wildman–Crippen LogP) is 2.36. The van der Waals surface area contributed by atoms with Gasteiger partial charge in [-0.15, -0.1) is 0 Å². The molecule has 1 aromatic heterocycles. The molecule has 0 saturated heterocycles. The summed E-state index contributed by atoms with van der Waals surface area (Å²) in [7, 11) is 0. The second kappa shape index (κ2) is 4.86. The van der Waals surface area contributed by atoms with Crippen LogP contribution in [0.4, 0.5) is 10.1 Å². The molecule has 90 valence electrons. The minimum absolute atomic E-state index is 0.0850. The summed E-state index contributed by atoms with van der Waals surface area (Å²) < 4.78 is 14.8. The Morgan fingerprint density at radius 1 is 1.47 bits per heavy atom. The van der Waals surface area contributed by atoms with E-state index in [2.05, 4.69) is 10.4 Å². The Morgan fingerprint density at radius 3 is 3.00 bits per heavy atom. The van der Waals surface area contributed by atoms with Gasteiger partial charge in [0.1, 0.15) is 11.6 Å². The van der Waals surface area contributed by atoms with Crippen molar-refractivity contribution >= 4 is 5.69 Å². The zero-order valence-electron chi connectivity index (χ0n) is 9.52. The minimum atomic E-state index is -0.358. The maximum Gasteiger partial charge on any atom is 0.123 e. The molecule has 4 nitrogen and oxygen atoms in total. The largest absolute Gasteiger partial charge is 0.508 e. The smallest absolute Gasteiger partial charge is 0.123 e. The molecular formula is C12H14FN3O. The third kappa shape index (κ3) is 2.75. The van der Waals surface area contributed by atoms with Gasteiger partial charge >= 0.3 is 0 Å². The fourth-order valence-corrected chi connectivity index (χ4v) is 1.52. The third-order valence-corrected chi connectivity index (χ3v) is 2.48. The van der Waals surface area contributed by atoms with Gasteiger partial charge < -0.3 is 10.4 Å². The summed E-state index contributed by atoms with van der Waals surface area (Å²) in [6, 6.07) is 3.89. The van der Waals surface area contributed by atoms with E-state index in [1.165, 1.54) is 18.2 Å². The standard InChI is InChI=1S/C12H14FN3O/c1-2-16-8-11(7-15-16)14-6-9-5-10(13)3-4-12(9)17/h3-5,7-8,14,17H,2,6H2,1H3. The van der Waals surface area contributed by atoms with Crippen molar-refractivity contribution in [1.82, 2.24) is 9.78 Å². The van der Waals surface area contributed by atoms with Gasteiger partial charge in [-0.3, -0.25) is 4.68 Å². The van der Waals surface area contributed by atoms with Crippen LogP contribution in [-0.2, 0) is 13.1 Å². The number of nitrogens with one attached hydrogen (secondary N) is 1. The highest BCUT2D eigenvalue weighted by atomic mass is 19.1. The Labute approximate surface area is 98.7 Å². The first-order valence-electron chi connectivity index (χ1n) is 5.42. The van der Waals surface area contributed by atoms with Crippen molar-refractivity contribution in [1.29, 1.82) is 0 Å². The van der Waals surface area contributed by atoms with Crippen LogP contribution in [-0.4, -0.2) is 14.9 Å². The van der Waals surface area contributed by atoms with Gasteiger partial charge in [-0.2, -0.15) is 5.10 Å². The topological polar surface area (TPSA) is 50.1 Å². The number of aromatic nitrogens is 2. The minimum Gasteiger partial charge on any atom is -0.508 e. The Morgan fingerprint density at radius 2 is 2.29 bits per heavy atom. The van der Waals surface area contributed by atoms with Crippen molar-refractivity contribution in [3.63, 3.8) is 0 Å². The van der Waals surface area contributed by atoms with E-state index in [0.29, 0.717) is 12.1 Å². The zero-order chi connectivity index (χ0) is 12.3. The molecule has 1 aromatic carbocycles. The number of aromatic hydroxyl groups is 1. The molecule has 1 heterocycles. The van der Waals surface area contributed by atoms with Gasteiger partial charge in [-0.1, -0.05) is 0 Å². The molecule has 2 aromatic rings. The average Bonchev–Trinajstić information content (AvgIpc) is 2.78. The normalized spacial score (nSPS) is 10.5. The van der Waals surface area contributed by atoms with E-state index < -0.39 is 0 Å². The van der Waals surface area contributed by atoms with Crippen LogP contribution in [0.15, 0.2) is 30.6 Å². The fourth-order valence-electron chi connectivity index (χ4n) is 1.52. The number of rotatable bonds is 4. The maximum atomic E-state index is 13.0. The van der Waals surface area contributed by atoms with E-state index in [9.17, 15) is 9.50 Å². The Kier molecular flexibility index (Phi) is 3.27. The lowest BCUT2D eigenvalue weighted by atomic mass is 10.2. The SMILES string of the molecule is CCn1cc(NCc2cc(F)ccc2O)cn1. The number of hydrogen-bond donors (Lipinski definition) is 2. The number of phenols is 1. The first kappa shape index (κ1) is 11.4. The first-order valence-corrected chi connectivity index (χ1v) is 5.42. The monoisotopic (exact) mass is 235 g/mol. The lowest BCUT2D eigenvalue weighted by molar-refractivity contribution is 0.466. The molecule has 0 fully saturated rings. The van der Waals surface area contributed by atoms with Gasteiger partial charge in [0, 0.05) is 24.8 Å². The van der Waals surface area contributed by atoms with Crippen LogP contribution in [0.1, 0.15) is 12.5 Å². The average molecular weight is 235 g/mol. The third-order valence-electron chi connectivity index (χ3n) is 2.48. The van der Waals surface area contributed by atoms with Crippen molar-refractivity contribution in [3.05, 3.63) is 42.0 Å². The van der Waals surface area contributed by atoms with Crippen LogP contribution >= 0.6 is 0 Å². The van der Waals surface area contributed by atoms with Crippen molar-refractivity contribution < 1.29 is 9.50 Å². The highest BCUT2D eigenvalue weighted by Crippen LogP contribution is 2.19. The van der Waals surface area contributed by atoms with Gasteiger partial charge in [0.25, 0.3) is 0 Å². The molecule has 0 aliphatic heterocycles. The molecule has 2 N–H and O–H groups in total. The number of hydrogen-bond acceptors (Lipinski definition) is 3. The van der Waals surface area contributed by atoms with Crippen molar-refractivity contribution in [2.24, 2.45) is 0 Å². The van der Waals surface area contributed by atoms with Crippen LogP contribution < -0.4 is 5.32 Å². The molecule has 0 atom stereocenters. The number of benzene rings is 1. The fraction of sp³-hybridized carbons (Fsp3) is 0.250. The number of anilines is 1. The zero-order valence-corrected chi connectivity index (χ0v) is 9.52. The summed E-state index contributed by atoms with van der Waals surface area (Å²) in [5.74, 6) is -0.273. The summed E-state index contributed by atoms with van der Waals surface area (Å²) in [5.41, 5.74) is 1.37. The van der Waals surface area contributed by atoms with Crippen molar-refractivity contribution in [2.45, 2.75) is 20.0 Å². The van der Waals surface area contributed by atoms with E-state index in [-0.39, 0.29) is 11.6 Å². The van der Waals surface area contributed by atoms with E-state index in [0.717, 1.165) is 12.2 Å². The van der Waals surface area contributed by atoms with Crippen molar-refractivity contribution in [2.75, 3.05) is 5.32 Å². The van der Waals surface area contributed by atoms with Gasteiger partial charge in [0.15, 0.2) is 0 Å². The second-order valence-electron chi connectivity index (χ2n) is 3.71. The molecule has 0 aliphatic carbocycles. The maximum absolute atomic E-state index is 13.0. The van der Waals surface area contributed by atoms with E-state index >= 15 is 0 Å². The summed E-state index contributed by atoms with van der Waals surface area (Å²) in [6.45, 7) is 3.15. The molecule has 2 rings (SSSR count). The quantitative estimate of drug-likeness (QED) is 0.855. The summed E-state index contributed by atoms with van der Waals surface area (Å²) in [6.07, 6.45) is 3.55. The Hall–Kier alpha value is -2.04. The number of nitrogens with zero attached hydrogens (tertiary/aromatic N) is 2. The van der Waals surface area contributed by atoms with Gasteiger partial charge in [-0.25, -0.2) is 4.39 Å². The second-order valence-corrected chi connectivity index (χ2v) is 3.71. The lowest BCUT2D eigenvalue weighted by Crippen LogP contribution is -1.99. The van der Waals surface area contributed by atoms with Crippen molar-refractivity contribution in [3.8, 4) is 5.75 Å². The van der Waals surface area contributed by atoms with Crippen LogP contribution in [0.2, 0.25) is 0 Å². The lowest BCUT2D eigenvalue weighted by Gasteiger charge is -2.06. The van der Waals surface area contributed by atoms with Gasteiger partial charge in [0.05, 0.1) is 11.9 Å². The number of phenolic OH excluding ortho intramolecular Hbond substituents is 1. The summed E-state index contributed by atoms with van der Waals surface area (Å²) in [5, 5.41) is 16.7. The molecule has 0 aliphatic rings. The van der Waals surface area contributed by atoms with Gasteiger partial charge in [0.2, 0.25) is 0 Å². The summed E-state index contributed by atoms with van der Waals surface area (Å²) in [4.78, 5) is 0. The molecule has 0 saturated carbocycles. The highest BCUT2D eigenvalue weighted by Gasteiger charge is 2.03. The van der Waals surface area contributed by atoms with Crippen LogP contribution in [0.5, 0.6) is 5.75 Å². The first-order chi connectivity index (χ1) is 8.19. The van der Waals surface area contributed by atoms with E-state index in [1.807, 2.05) is 13.1 Å². The van der Waals surface area contributed by atoms with E-state index in [4.69, 9.17) is 0 Å². The predicted molar refractivity (Wildman–Crippen MR) is 63.3 cm³/mol. The molecule has 0 amide bonds. The molecule has 0 radical (unpaired) electrons. The molecule has 5 heteroatoms. The molecule has 0 spiro atoms. The number of halogens is 1. The number of aryl methyl sites for hydroxylation is 1. The van der Waals surface area contributed by atoms with Crippen LogP contribution in [0.3, 0.4) is 0 Å². The molecule has 17 heavy (non-hydrogen) atoms. The Bertz CT molecular complexity index is 510.